The molecule has 3 rings (SSSR count). The van der Waals surface area contributed by atoms with Crippen LogP contribution in [0.2, 0.25) is 0 Å². The lowest BCUT2D eigenvalue weighted by molar-refractivity contribution is 0.224. The van der Waals surface area contributed by atoms with E-state index in [0.29, 0.717) is 0 Å². The molecule has 1 fully saturated rings. The fraction of sp³-hybridized carbons (Fsp3) is 0. The molecule has 4 amide bonds. The van der Waals surface area contributed by atoms with Crippen molar-refractivity contribution in [3.8, 4) is 0 Å². The molecule has 0 atom stereocenters. The third kappa shape index (κ3) is 8.10. The second kappa shape index (κ2) is 8.96. The number of rotatable bonds is 0. The predicted octanol–water partition coefficient (Wildman–Crippen LogP) is -4.15. The molecular weight excluding hydrogens is 368 g/mol. The lowest BCUT2D eigenvalue weighted by atomic mass is 10.6. The largest absolute Gasteiger partial charge is 0.368 e. The molecule has 0 bridgehead atoms. The fourth-order valence-corrected chi connectivity index (χ4v) is 1.30. The number of nitrogen functional groups attached to an aromatic ring is 3. The van der Waals surface area contributed by atoms with E-state index in [0.717, 1.165) is 0 Å². The number of hydrogen-bond acceptors (Lipinski definition) is 11. The minimum absolute atomic E-state index is 0.0417. The standard InChI is InChI=1S/C4H5N3O2.C3H6N6.C3H3N3O3/c1-2-5-3(8)7-4(9)6-2;4-1-7-2(5)9-3(6)8-1;7-1-4-2(8)6-3(9)5-1/h1H2,(H3,5,6,7,8,9);(H6,4,5,6,7,8,9);(H3,4,5,6,7,8,9). The Balaban J connectivity index is 0.000000202. The summed E-state index contributed by atoms with van der Waals surface area (Å²) in [5, 5.41) is 6.42. The van der Waals surface area contributed by atoms with Crippen molar-refractivity contribution in [1.82, 2.24) is 45.9 Å². The second-order valence-electron chi connectivity index (χ2n) is 4.28. The molecule has 144 valence electrons. The summed E-state index contributed by atoms with van der Waals surface area (Å²) in [5.74, 6) is 0.323. The number of nitrogens with two attached hydrogens (primary N) is 3. The summed E-state index contributed by atoms with van der Waals surface area (Å²) in [6.07, 6.45) is 0. The van der Waals surface area contributed by atoms with E-state index in [-0.39, 0.29) is 23.7 Å². The van der Waals surface area contributed by atoms with Gasteiger partial charge in [-0.05, 0) is 0 Å². The Morgan fingerprint density at radius 2 is 0.889 bits per heavy atom. The highest BCUT2D eigenvalue weighted by Crippen LogP contribution is 1.97. The summed E-state index contributed by atoms with van der Waals surface area (Å²) in [7, 11) is 0. The topological polar surface area (TPSA) is 286 Å². The Kier molecular flexibility index (Phi) is 6.75. The number of aromatic nitrogens is 6. The van der Waals surface area contributed by atoms with Crippen LogP contribution < -0.4 is 50.2 Å². The summed E-state index contributed by atoms with van der Waals surface area (Å²) in [6.45, 7) is 3.31. The number of H-pyrrole nitrogens is 3. The summed E-state index contributed by atoms with van der Waals surface area (Å²) >= 11 is 0. The quantitative estimate of drug-likeness (QED) is 0.210. The van der Waals surface area contributed by atoms with Gasteiger partial charge >= 0.3 is 29.1 Å². The first kappa shape index (κ1) is 20.3. The van der Waals surface area contributed by atoms with E-state index in [2.05, 4.69) is 32.2 Å². The number of carbonyl (C=O) groups excluding carboxylic acids is 2. The molecule has 17 nitrogen and oxygen atoms in total. The molecule has 0 unspecified atom stereocenters. The highest BCUT2D eigenvalue weighted by atomic mass is 16.2. The highest BCUT2D eigenvalue weighted by Gasteiger charge is 2.14. The summed E-state index contributed by atoms with van der Waals surface area (Å²) < 4.78 is 0. The van der Waals surface area contributed by atoms with Gasteiger partial charge in [-0.3, -0.25) is 30.9 Å². The van der Waals surface area contributed by atoms with E-state index >= 15 is 0 Å². The Hall–Kier alpha value is -4.70. The molecule has 27 heavy (non-hydrogen) atoms. The molecule has 0 radical (unpaired) electrons. The van der Waals surface area contributed by atoms with Gasteiger partial charge in [-0.1, -0.05) is 6.58 Å². The van der Waals surface area contributed by atoms with Crippen LogP contribution in [0.25, 0.3) is 0 Å². The zero-order valence-corrected chi connectivity index (χ0v) is 13.3. The van der Waals surface area contributed by atoms with E-state index in [1.54, 1.807) is 15.0 Å². The van der Waals surface area contributed by atoms with Crippen molar-refractivity contribution < 1.29 is 9.59 Å². The smallest absolute Gasteiger partial charge is 0.330 e. The number of anilines is 3. The first-order valence-electron chi connectivity index (χ1n) is 6.58. The highest BCUT2D eigenvalue weighted by molar-refractivity contribution is 5.97. The maximum atomic E-state index is 10.3. The first-order valence-corrected chi connectivity index (χ1v) is 6.58. The van der Waals surface area contributed by atoms with Gasteiger partial charge in [-0.2, -0.15) is 15.0 Å². The summed E-state index contributed by atoms with van der Waals surface area (Å²) in [6, 6.07) is -1.10. The number of imide groups is 1. The van der Waals surface area contributed by atoms with Gasteiger partial charge in [0, 0.05) is 0 Å². The van der Waals surface area contributed by atoms with Gasteiger partial charge in [-0.15, -0.1) is 0 Å². The van der Waals surface area contributed by atoms with Crippen LogP contribution in [0.5, 0.6) is 0 Å². The molecule has 17 heteroatoms. The monoisotopic (exact) mass is 382 g/mol. The number of hydrogen-bond donors (Lipinski definition) is 9. The average Bonchev–Trinajstić information content (AvgIpc) is 2.43. The number of amides is 4. The Bertz CT molecular complexity index is 846. The molecule has 1 aliphatic heterocycles. The van der Waals surface area contributed by atoms with Crippen molar-refractivity contribution in [1.29, 1.82) is 0 Å². The van der Waals surface area contributed by atoms with Crippen LogP contribution in [0.15, 0.2) is 26.8 Å². The molecular formula is C10H14N12O5. The lowest BCUT2D eigenvalue weighted by Crippen LogP contribution is -2.53. The Morgan fingerprint density at radius 3 is 1.15 bits per heavy atom. The van der Waals surface area contributed by atoms with Crippen LogP contribution in [0, 0.1) is 0 Å². The van der Waals surface area contributed by atoms with Gasteiger partial charge in [0.2, 0.25) is 17.8 Å². The van der Waals surface area contributed by atoms with Gasteiger partial charge < -0.3 is 17.2 Å². The van der Waals surface area contributed by atoms with Crippen LogP contribution in [-0.4, -0.2) is 42.0 Å². The molecule has 2 aromatic heterocycles. The predicted molar refractivity (Wildman–Crippen MR) is 90.7 cm³/mol. The van der Waals surface area contributed by atoms with Gasteiger partial charge in [0.15, 0.2) is 0 Å². The molecule has 0 aromatic carbocycles. The van der Waals surface area contributed by atoms with Gasteiger partial charge in [0.1, 0.15) is 5.82 Å². The van der Waals surface area contributed by atoms with E-state index < -0.39 is 29.1 Å². The van der Waals surface area contributed by atoms with Crippen molar-refractivity contribution in [2.24, 2.45) is 0 Å². The minimum atomic E-state index is -0.802. The van der Waals surface area contributed by atoms with Crippen molar-refractivity contribution in [3.05, 3.63) is 43.9 Å². The number of aromatic amines is 3. The molecule has 1 aliphatic rings. The molecule has 0 aliphatic carbocycles. The zero-order valence-electron chi connectivity index (χ0n) is 13.3. The van der Waals surface area contributed by atoms with Crippen LogP contribution in [0.1, 0.15) is 0 Å². The summed E-state index contributed by atoms with van der Waals surface area (Å²) in [5.41, 5.74) is 13.0. The minimum Gasteiger partial charge on any atom is -0.368 e. The van der Waals surface area contributed by atoms with Crippen LogP contribution >= 0.6 is 0 Å². The van der Waals surface area contributed by atoms with E-state index in [4.69, 9.17) is 17.2 Å². The molecule has 2 aromatic rings. The van der Waals surface area contributed by atoms with E-state index in [1.165, 1.54) is 0 Å². The molecule has 1 saturated heterocycles. The van der Waals surface area contributed by atoms with Gasteiger partial charge in [0.05, 0.1) is 0 Å². The third-order valence-electron chi connectivity index (χ3n) is 2.12. The third-order valence-corrected chi connectivity index (χ3v) is 2.12. The maximum absolute atomic E-state index is 10.3. The van der Waals surface area contributed by atoms with Crippen LogP contribution in [-0.2, 0) is 0 Å². The molecule has 12 N–H and O–H groups in total. The van der Waals surface area contributed by atoms with Crippen molar-refractivity contribution >= 4 is 29.9 Å². The first-order chi connectivity index (χ1) is 12.5. The van der Waals surface area contributed by atoms with Crippen LogP contribution in [0.3, 0.4) is 0 Å². The van der Waals surface area contributed by atoms with E-state index in [1.807, 2.05) is 5.32 Å². The zero-order chi connectivity index (χ0) is 20.6. The van der Waals surface area contributed by atoms with Crippen LogP contribution in [0.4, 0.5) is 27.4 Å². The lowest BCUT2D eigenvalue weighted by Gasteiger charge is -2.15. The van der Waals surface area contributed by atoms with Gasteiger partial charge in [0.25, 0.3) is 0 Å². The van der Waals surface area contributed by atoms with Crippen molar-refractivity contribution in [3.63, 3.8) is 0 Å². The maximum Gasteiger partial charge on any atom is 0.330 e. The molecule has 0 spiro atoms. The molecule has 3 heterocycles. The number of nitrogens with zero attached hydrogens (tertiary/aromatic N) is 3. The van der Waals surface area contributed by atoms with E-state index in [9.17, 15) is 24.0 Å². The van der Waals surface area contributed by atoms with Crippen molar-refractivity contribution in [2.75, 3.05) is 17.2 Å². The number of urea groups is 2. The van der Waals surface area contributed by atoms with Gasteiger partial charge in [-0.25, -0.2) is 24.0 Å². The fourth-order valence-electron chi connectivity index (χ4n) is 1.30. The number of nitrogens with one attached hydrogen (secondary N) is 6. The Morgan fingerprint density at radius 1 is 0.593 bits per heavy atom. The summed E-state index contributed by atoms with van der Waals surface area (Å²) in [4.78, 5) is 67.0. The SMILES string of the molecule is C=C1NC(=O)NC(=O)N1.Nc1nc(N)nc(N)n1.O=c1[nH]c(=O)[nH]c(=O)[nH]1. The number of carbonyl (C=O) groups is 2. The average molecular weight is 382 g/mol. The second-order valence-corrected chi connectivity index (χ2v) is 4.28. The van der Waals surface area contributed by atoms with Crippen molar-refractivity contribution in [2.45, 2.75) is 0 Å². The Labute approximate surface area is 147 Å². The molecule has 0 saturated carbocycles. The normalized spacial score (nSPS) is 12.2.